The largest absolute Gasteiger partial charge is 0.497 e. The highest BCUT2D eigenvalue weighted by Gasteiger charge is 2.28. The van der Waals surface area contributed by atoms with Gasteiger partial charge in [0.2, 0.25) is 0 Å². The molecule has 0 aliphatic heterocycles. The normalized spacial score (nSPS) is 11.3. The lowest BCUT2D eigenvalue weighted by atomic mass is 10.2. The molecule has 2 rings (SSSR count). The lowest BCUT2D eigenvalue weighted by Crippen LogP contribution is -2.41. The third-order valence-corrected chi connectivity index (χ3v) is 3.23. The van der Waals surface area contributed by atoms with Crippen LogP contribution in [0, 0.1) is 6.92 Å². The summed E-state index contributed by atoms with van der Waals surface area (Å²) in [5, 5.41) is 9.74. The fraction of sp³-hybridized carbons (Fsp3) is 0.357. The number of rotatable bonds is 6. The zero-order valence-electron chi connectivity index (χ0n) is 12.7. The lowest BCUT2D eigenvalue weighted by Gasteiger charge is -2.13. The Morgan fingerprint density at radius 2 is 2.04 bits per heavy atom. The molecule has 0 atom stereocenters. The Balaban J connectivity index is 2.16. The number of nitrogens with zero attached hydrogens (tertiary/aromatic N) is 3. The molecule has 0 saturated heterocycles. The quantitative estimate of drug-likeness (QED) is 0.823. The van der Waals surface area contributed by atoms with Gasteiger partial charge in [0, 0.05) is 0 Å². The highest BCUT2D eigenvalue weighted by atomic mass is 19.3. The van der Waals surface area contributed by atoms with Gasteiger partial charge in [0.05, 0.1) is 31.6 Å². The van der Waals surface area contributed by atoms with Crippen molar-refractivity contribution in [3.05, 3.63) is 35.7 Å². The number of hydrogen-bond donors (Lipinski definition) is 2. The topological polar surface area (TPSA) is 95.1 Å². The van der Waals surface area contributed by atoms with Gasteiger partial charge in [-0.1, -0.05) is 5.21 Å². The fourth-order valence-corrected chi connectivity index (χ4v) is 1.87. The van der Waals surface area contributed by atoms with Gasteiger partial charge in [0.15, 0.2) is 5.69 Å². The maximum atomic E-state index is 13.1. The summed E-state index contributed by atoms with van der Waals surface area (Å²) < 4.78 is 32.7. The van der Waals surface area contributed by atoms with E-state index in [2.05, 4.69) is 15.6 Å². The highest BCUT2D eigenvalue weighted by Crippen LogP contribution is 2.17. The van der Waals surface area contributed by atoms with Crippen molar-refractivity contribution in [2.24, 2.45) is 5.73 Å². The average Bonchev–Trinajstić information content (AvgIpc) is 2.94. The van der Waals surface area contributed by atoms with Crippen LogP contribution < -0.4 is 15.8 Å². The molecule has 1 aromatic heterocycles. The number of ether oxygens (including phenoxy) is 1. The molecule has 1 amide bonds. The van der Waals surface area contributed by atoms with Gasteiger partial charge in [0.1, 0.15) is 5.75 Å². The predicted octanol–water partition coefficient (Wildman–Crippen LogP) is 0.908. The van der Waals surface area contributed by atoms with E-state index in [-0.39, 0.29) is 5.69 Å². The summed E-state index contributed by atoms with van der Waals surface area (Å²) in [4.78, 5) is 12.0. The standard InChI is InChI=1S/C14H17F2N5O2/c1-9-12(13(22)18-8-14(15,16)7-17)19-20-21(9)10-3-5-11(23-2)6-4-10/h3-6H,7-8,17H2,1-2H3,(H,18,22). The first-order valence-corrected chi connectivity index (χ1v) is 6.81. The van der Waals surface area contributed by atoms with E-state index in [1.807, 2.05) is 0 Å². The van der Waals surface area contributed by atoms with Gasteiger partial charge in [-0.2, -0.15) is 0 Å². The molecule has 124 valence electrons. The van der Waals surface area contributed by atoms with E-state index in [4.69, 9.17) is 10.5 Å². The Labute approximate surface area is 131 Å². The van der Waals surface area contributed by atoms with Gasteiger partial charge in [0.25, 0.3) is 11.8 Å². The minimum atomic E-state index is -3.16. The Morgan fingerprint density at radius 1 is 1.39 bits per heavy atom. The van der Waals surface area contributed by atoms with Crippen LogP contribution >= 0.6 is 0 Å². The summed E-state index contributed by atoms with van der Waals surface area (Å²) in [6.45, 7) is -0.0673. The second-order valence-electron chi connectivity index (χ2n) is 4.88. The Kier molecular flexibility index (Phi) is 4.89. The third-order valence-electron chi connectivity index (χ3n) is 3.23. The number of carbonyl (C=O) groups excluding carboxylic acids is 1. The van der Waals surface area contributed by atoms with E-state index in [0.717, 1.165) is 0 Å². The molecule has 2 aromatic rings. The van der Waals surface area contributed by atoms with E-state index in [1.54, 1.807) is 38.3 Å². The first kappa shape index (κ1) is 16.8. The fourth-order valence-electron chi connectivity index (χ4n) is 1.87. The average molecular weight is 325 g/mol. The van der Waals surface area contributed by atoms with Gasteiger partial charge in [-0.25, -0.2) is 13.5 Å². The van der Waals surface area contributed by atoms with E-state index >= 15 is 0 Å². The second kappa shape index (κ2) is 6.69. The third kappa shape index (κ3) is 3.81. The summed E-state index contributed by atoms with van der Waals surface area (Å²) in [5.41, 5.74) is 6.00. The van der Waals surface area contributed by atoms with Crippen molar-refractivity contribution in [2.45, 2.75) is 12.8 Å². The molecule has 0 unspecified atom stereocenters. The number of methoxy groups -OCH3 is 1. The molecule has 0 saturated carbocycles. The molecule has 0 aliphatic carbocycles. The van der Waals surface area contributed by atoms with Gasteiger partial charge in [-0.05, 0) is 31.2 Å². The maximum Gasteiger partial charge on any atom is 0.277 e. The first-order chi connectivity index (χ1) is 10.9. The van der Waals surface area contributed by atoms with Crippen LogP contribution in [0.5, 0.6) is 5.75 Å². The summed E-state index contributed by atoms with van der Waals surface area (Å²) >= 11 is 0. The van der Waals surface area contributed by atoms with E-state index in [0.29, 0.717) is 17.1 Å². The number of benzene rings is 1. The molecular formula is C14H17F2N5O2. The van der Waals surface area contributed by atoms with Crippen molar-refractivity contribution < 1.29 is 18.3 Å². The van der Waals surface area contributed by atoms with Crippen molar-refractivity contribution >= 4 is 5.91 Å². The summed E-state index contributed by atoms with van der Waals surface area (Å²) in [5.74, 6) is -3.21. The van der Waals surface area contributed by atoms with Crippen molar-refractivity contribution in [2.75, 3.05) is 20.2 Å². The highest BCUT2D eigenvalue weighted by molar-refractivity contribution is 5.93. The van der Waals surface area contributed by atoms with Crippen LogP contribution in [0.3, 0.4) is 0 Å². The number of aromatic nitrogens is 3. The molecule has 1 heterocycles. The van der Waals surface area contributed by atoms with Gasteiger partial charge < -0.3 is 15.8 Å². The predicted molar refractivity (Wildman–Crippen MR) is 79.0 cm³/mol. The molecule has 23 heavy (non-hydrogen) atoms. The minimum Gasteiger partial charge on any atom is -0.497 e. The van der Waals surface area contributed by atoms with Crippen LogP contribution in [0.4, 0.5) is 8.78 Å². The molecule has 0 radical (unpaired) electrons. The lowest BCUT2D eigenvalue weighted by molar-refractivity contribution is 0.0118. The van der Waals surface area contributed by atoms with Gasteiger partial charge in [-0.3, -0.25) is 4.79 Å². The monoisotopic (exact) mass is 325 g/mol. The first-order valence-electron chi connectivity index (χ1n) is 6.81. The summed E-state index contributed by atoms with van der Waals surface area (Å²) in [6, 6.07) is 6.95. The molecule has 0 fully saturated rings. The molecular weight excluding hydrogens is 308 g/mol. The Hall–Kier alpha value is -2.55. The number of carbonyl (C=O) groups is 1. The Morgan fingerprint density at radius 3 is 2.61 bits per heavy atom. The Bertz CT molecular complexity index is 685. The maximum absolute atomic E-state index is 13.1. The zero-order valence-corrected chi connectivity index (χ0v) is 12.7. The summed E-state index contributed by atoms with van der Waals surface area (Å²) in [6.07, 6.45) is 0. The number of halogens is 2. The van der Waals surface area contributed by atoms with Crippen molar-refractivity contribution in [3.8, 4) is 11.4 Å². The number of hydrogen-bond acceptors (Lipinski definition) is 5. The van der Waals surface area contributed by atoms with Crippen LogP contribution in [-0.2, 0) is 0 Å². The smallest absolute Gasteiger partial charge is 0.277 e. The van der Waals surface area contributed by atoms with Crippen LogP contribution in [-0.4, -0.2) is 47.0 Å². The van der Waals surface area contributed by atoms with Gasteiger partial charge >= 0.3 is 0 Å². The van der Waals surface area contributed by atoms with E-state index < -0.39 is 24.9 Å². The van der Waals surface area contributed by atoms with Gasteiger partial charge in [-0.15, -0.1) is 5.10 Å². The number of alkyl halides is 2. The van der Waals surface area contributed by atoms with Crippen LogP contribution in [0.25, 0.3) is 5.69 Å². The second-order valence-corrected chi connectivity index (χ2v) is 4.88. The van der Waals surface area contributed by atoms with E-state index in [9.17, 15) is 13.6 Å². The zero-order chi connectivity index (χ0) is 17.0. The summed E-state index contributed by atoms with van der Waals surface area (Å²) in [7, 11) is 1.55. The van der Waals surface area contributed by atoms with Crippen molar-refractivity contribution in [3.63, 3.8) is 0 Å². The molecule has 0 spiro atoms. The molecule has 3 N–H and O–H groups in total. The molecule has 0 bridgehead atoms. The SMILES string of the molecule is COc1ccc(-n2nnc(C(=O)NCC(F)(F)CN)c2C)cc1. The molecule has 1 aromatic carbocycles. The van der Waals surface area contributed by atoms with Crippen molar-refractivity contribution in [1.82, 2.24) is 20.3 Å². The molecule has 0 aliphatic rings. The molecule has 7 nitrogen and oxygen atoms in total. The molecule has 9 heteroatoms. The van der Waals surface area contributed by atoms with Crippen LogP contribution in [0.2, 0.25) is 0 Å². The minimum absolute atomic E-state index is 0.0198. The van der Waals surface area contributed by atoms with Crippen LogP contribution in [0.15, 0.2) is 24.3 Å². The number of nitrogens with two attached hydrogens (primary N) is 1. The van der Waals surface area contributed by atoms with E-state index in [1.165, 1.54) is 4.68 Å². The van der Waals surface area contributed by atoms with Crippen LogP contribution in [0.1, 0.15) is 16.2 Å². The van der Waals surface area contributed by atoms with Crippen molar-refractivity contribution in [1.29, 1.82) is 0 Å². The number of nitrogens with one attached hydrogen (secondary N) is 1. The number of amides is 1.